The van der Waals surface area contributed by atoms with Crippen LogP contribution < -0.4 is 16.0 Å². The highest BCUT2D eigenvalue weighted by molar-refractivity contribution is 9.10. The molecule has 0 spiro atoms. The maximum Gasteiger partial charge on any atom is 0.332 e. The Hall–Kier alpha value is -3.13. The number of benzene rings is 2. The second-order valence-corrected chi connectivity index (χ2v) is 7.82. The third-order valence-electron chi connectivity index (χ3n) is 4.77. The van der Waals surface area contributed by atoms with Crippen molar-refractivity contribution < 1.29 is 4.74 Å². The van der Waals surface area contributed by atoms with Crippen LogP contribution in [-0.2, 0) is 20.6 Å². The molecule has 0 unspecified atom stereocenters. The Morgan fingerprint density at radius 3 is 2.45 bits per heavy atom. The van der Waals surface area contributed by atoms with Crippen molar-refractivity contribution >= 4 is 27.1 Å². The first-order valence-corrected chi connectivity index (χ1v) is 9.79. The molecule has 0 bridgehead atoms. The van der Waals surface area contributed by atoms with E-state index in [1.807, 2.05) is 55.5 Å². The van der Waals surface area contributed by atoms with Gasteiger partial charge in [0.1, 0.15) is 5.75 Å². The summed E-state index contributed by atoms with van der Waals surface area (Å²) in [6.45, 7) is 2.36. The molecule has 29 heavy (non-hydrogen) atoms. The quantitative estimate of drug-likeness (QED) is 0.473. The summed E-state index contributed by atoms with van der Waals surface area (Å²) in [5.41, 5.74) is 1.83. The number of hydrogen-bond acceptors (Lipinski definition) is 4. The van der Waals surface area contributed by atoms with Crippen molar-refractivity contribution in [1.82, 2.24) is 18.7 Å². The van der Waals surface area contributed by atoms with Crippen LogP contribution >= 0.6 is 15.9 Å². The van der Waals surface area contributed by atoms with Gasteiger partial charge in [-0.1, -0.05) is 45.8 Å². The van der Waals surface area contributed by atoms with Gasteiger partial charge in [0, 0.05) is 18.6 Å². The van der Waals surface area contributed by atoms with Gasteiger partial charge in [-0.2, -0.15) is 4.98 Å². The molecule has 2 aromatic carbocycles. The summed E-state index contributed by atoms with van der Waals surface area (Å²) in [6, 6.07) is 15.6. The van der Waals surface area contributed by atoms with Crippen LogP contribution in [0.3, 0.4) is 0 Å². The molecule has 8 heteroatoms. The number of aromatic nitrogens is 4. The second kappa shape index (κ2) is 7.36. The van der Waals surface area contributed by atoms with E-state index in [9.17, 15) is 9.59 Å². The number of hydrogen-bond donors (Lipinski definition) is 0. The van der Waals surface area contributed by atoms with Crippen molar-refractivity contribution in [1.29, 1.82) is 0 Å². The molecular formula is C21H19BrN4O3. The molecule has 0 saturated carbocycles. The first kappa shape index (κ1) is 19.2. The molecule has 0 amide bonds. The lowest BCUT2D eigenvalue weighted by molar-refractivity contribution is 0.421. The Balaban J connectivity index is 1.94. The normalized spacial score (nSPS) is 11.2. The van der Waals surface area contributed by atoms with E-state index in [2.05, 4.69) is 20.9 Å². The third kappa shape index (κ3) is 3.51. The van der Waals surface area contributed by atoms with Gasteiger partial charge in [-0.3, -0.25) is 18.5 Å². The molecule has 2 aromatic heterocycles. The molecule has 0 aliphatic heterocycles. The van der Waals surface area contributed by atoms with E-state index in [0.29, 0.717) is 17.8 Å². The molecule has 0 fully saturated rings. The van der Waals surface area contributed by atoms with E-state index in [0.717, 1.165) is 20.2 Å². The second-order valence-electron chi connectivity index (χ2n) is 6.90. The third-order valence-corrected chi connectivity index (χ3v) is 5.27. The number of halogens is 1. The van der Waals surface area contributed by atoms with Crippen molar-refractivity contribution in [2.75, 3.05) is 0 Å². The SMILES string of the molecule is Cc1ccc(Oc2nc3c(c(=O)n(C)c(=O)n3C)n2Cc2cccc(Br)c2)cc1. The molecular weight excluding hydrogens is 436 g/mol. The lowest BCUT2D eigenvalue weighted by Crippen LogP contribution is -2.37. The van der Waals surface area contributed by atoms with Crippen molar-refractivity contribution in [3.8, 4) is 11.8 Å². The lowest BCUT2D eigenvalue weighted by Gasteiger charge is -2.11. The topological polar surface area (TPSA) is 71.1 Å². The van der Waals surface area contributed by atoms with Crippen molar-refractivity contribution in [2.24, 2.45) is 14.1 Å². The Bertz CT molecular complexity index is 1330. The van der Waals surface area contributed by atoms with Crippen LogP contribution in [-0.4, -0.2) is 18.7 Å². The number of ether oxygens (including phenoxy) is 1. The molecule has 148 valence electrons. The smallest absolute Gasteiger partial charge is 0.332 e. The van der Waals surface area contributed by atoms with Crippen LogP contribution in [0, 0.1) is 6.92 Å². The monoisotopic (exact) mass is 454 g/mol. The molecule has 0 saturated heterocycles. The summed E-state index contributed by atoms with van der Waals surface area (Å²) in [5.74, 6) is 0.600. The molecule has 4 aromatic rings. The zero-order valence-electron chi connectivity index (χ0n) is 16.2. The fourth-order valence-corrected chi connectivity index (χ4v) is 3.63. The van der Waals surface area contributed by atoms with Crippen LogP contribution in [0.2, 0.25) is 0 Å². The Labute approximate surface area is 174 Å². The number of fused-ring (bicyclic) bond motifs is 1. The molecule has 0 atom stereocenters. The van der Waals surface area contributed by atoms with Gasteiger partial charge in [-0.05, 0) is 36.8 Å². The molecule has 4 rings (SSSR count). The van der Waals surface area contributed by atoms with Crippen LogP contribution in [0.15, 0.2) is 62.6 Å². The molecule has 0 aliphatic rings. The van der Waals surface area contributed by atoms with Crippen molar-refractivity contribution in [3.05, 3.63) is 85.0 Å². The molecule has 0 aliphatic carbocycles. The van der Waals surface area contributed by atoms with Gasteiger partial charge in [0.25, 0.3) is 5.56 Å². The fraction of sp³-hybridized carbons (Fsp3) is 0.190. The lowest BCUT2D eigenvalue weighted by atomic mass is 10.2. The average Bonchev–Trinajstić information content (AvgIpc) is 3.04. The highest BCUT2D eigenvalue weighted by Crippen LogP contribution is 2.26. The summed E-state index contributed by atoms with van der Waals surface area (Å²) in [7, 11) is 3.05. The Morgan fingerprint density at radius 1 is 1.03 bits per heavy atom. The van der Waals surface area contributed by atoms with E-state index >= 15 is 0 Å². The minimum Gasteiger partial charge on any atom is -0.425 e. The van der Waals surface area contributed by atoms with E-state index in [-0.39, 0.29) is 11.7 Å². The minimum absolute atomic E-state index is 0.252. The standard InChI is InChI=1S/C21H19BrN4O3/c1-13-7-9-16(10-8-13)29-20-23-18-17(19(27)25(3)21(28)24(18)2)26(20)12-14-5-4-6-15(22)11-14/h4-11H,12H2,1-3H3. The van der Waals surface area contributed by atoms with Gasteiger partial charge in [-0.15, -0.1) is 0 Å². The maximum absolute atomic E-state index is 12.9. The molecule has 2 heterocycles. The van der Waals surface area contributed by atoms with E-state index in [1.165, 1.54) is 11.6 Å². The van der Waals surface area contributed by atoms with Gasteiger partial charge in [0.2, 0.25) is 0 Å². The number of nitrogens with zero attached hydrogens (tertiary/aromatic N) is 4. The maximum atomic E-state index is 12.9. The summed E-state index contributed by atoms with van der Waals surface area (Å²) in [6.07, 6.45) is 0. The first-order chi connectivity index (χ1) is 13.8. The number of rotatable bonds is 4. The van der Waals surface area contributed by atoms with E-state index in [1.54, 1.807) is 11.6 Å². The largest absolute Gasteiger partial charge is 0.425 e. The minimum atomic E-state index is -0.434. The van der Waals surface area contributed by atoms with Crippen molar-refractivity contribution in [3.63, 3.8) is 0 Å². The van der Waals surface area contributed by atoms with Gasteiger partial charge in [-0.25, -0.2) is 4.79 Å². The average molecular weight is 455 g/mol. The predicted molar refractivity (Wildman–Crippen MR) is 115 cm³/mol. The van der Waals surface area contributed by atoms with Crippen LogP contribution in [0.25, 0.3) is 11.2 Å². The van der Waals surface area contributed by atoms with Gasteiger partial charge < -0.3 is 4.74 Å². The Kier molecular flexibility index (Phi) is 4.87. The molecule has 7 nitrogen and oxygen atoms in total. The van der Waals surface area contributed by atoms with Gasteiger partial charge >= 0.3 is 11.7 Å². The number of imidazole rings is 1. The van der Waals surface area contributed by atoms with Gasteiger partial charge in [0.05, 0.1) is 6.54 Å². The first-order valence-electron chi connectivity index (χ1n) is 9.00. The highest BCUT2D eigenvalue weighted by Gasteiger charge is 2.21. The summed E-state index contributed by atoms with van der Waals surface area (Å²) < 4.78 is 11.1. The van der Waals surface area contributed by atoms with Crippen LogP contribution in [0.1, 0.15) is 11.1 Å². The fourth-order valence-electron chi connectivity index (χ4n) is 3.18. The van der Waals surface area contributed by atoms with E-state index in [4.69, 9.17) is 4.74 Å². The van der Waals surface area contributed by atoms with Gasteiger partial charge in [0.15, 0.2) is 11.2 Å². The molecule has 0 N–H and O–H groups in total. The summed E-state index contributed by atoms with van der Waals surface area (Å²) >= 11 is 3.47. The zero-order valence-corrected chi connectivity index (χ0v) is 17.8. The summed E-state index contributed by atoms with van der Waals surface area (Å²) in [5, 5.41) is 0. The Morgan fingerprint density at radius 2 is 1.76 bits per heavy atom. The zero-order chi connectivity index (χ0) is 20.7. The van der Waals surface area contributed by atoms with E-state index < -0.39 is 11.2 Å². The predicted octanol–water partition coefficient (Wildman–Crippen LogP) is 3.35. The summed E-state index contributed by atoms with van der Waals surface area (Å²) in [4.78, 5) is 29.8. The van der Waals surface area contributed by atoms with Crippen LogP contribution in [0.4, 0.5) is 0 Å². The van der Waals surface area contributed by atoms with Crippen LogP contribution in [0.5, 0.6) is 11.8 Å². The molecule has 0 radical (unpaired) electrons. The number of aryl methyl sites for hydroxylation is 2. The highest BCUT2D eigenvalue weighted by atomic mass is 79.9. The van der Waals surface area contributed by atoms with Crippen molar-refractivity contribution in [2.45, 2.75) is 13.5 Å².